The summed E-state index contributed by atoms with van der Waals surface area (Å²) < 4.78 is 12.0. The number of aromatic nitrogens is 2. The molecule has 14 rings (SSSR count). The number of fused-ring (bicyclic) bond motifs is 12. The molecule has 0 unspecified atom stereocenters. The summed E-state index contributed by atoms with van der Waals surface area (Å²) in [6, 6.07) is 17.0. The van der Waals surface area contributed by atoms with Crippen molar-refractivity contribution in [3.05, 3.63) is 48.5 Å². The lowest BCUT2D eigenvalue weighted by molar-refractivity contribution is -0.143. The number of halogens is 2. The Balaban J connectivity index is 0.000000155. The van der Waals surface area contributed by atoms with Gasteiger partial charge in [0.2, 0.25) is 23.6 Å². The van der Waals surface area contributed by atoms with Gasteiger partial charge in [0.15, 0.2) is 0 Å². The van der Waals surface area contributed by atoms with Crippen LogP contribution in [-0.4, -0.2) is 153 Å². The Labute approximate surface area is 455 Å². The number of carbonyl (C=O) groups is 4. The highest BCUT2D eigenvalue weighted by molar-refractivity contribution is 7.14. The molecule has 10 aliphatic rings. The van der Waals surface area contributed by atoms with Crippen molar-refractivity contribution in [2.45, 2.75) is 89.3 Å². The van der Waals surface area contributed by atoms with E-state index in [1.165, 1.54) is 58.7 Å². The SMILES string of the molecule is Cl.Cl.O=C1[C@@H]2[C@H]3C[C@@H]([C@@H]2C(=O)N1C[C@@H]1CCCC[C@H]1CN1CCN(c2nsc4ccccc24)CC1)[C@H](O)C3.O=C1[C@@H]2[C@H]3C[C@H](C[C@@H]3O)[C@@H]2C(=O)N1C[C@@H]1CCCC[C@H]1CN1CCN(c2nsc3ccccc23)CC1. The van der Waals surface area contributed by atoms with Gasteiger partial charge in [-0.25, -0.2) is 0 Å². The predicted molar refractivity (Wildman–Crippen MR) is 294 cm³/mol. The highest BCUT2D eigenvalue weighted by Gasteiger charge is 2.65. The van der Waals surface area contributed by atoms with Gasteiger partial charge in [0.25, 0.3) is 0 Å². The molecule has 6 heterocycles. The number of aliphatic hydroxyl groups is 2. The van der Waals surface area contributed by atoms with Gasteiger partial charge in [-0.2, -0.15) is 8.75 Å². The molecule has 400 valence electrons. The van der Waals surface area contributed by atoms with Gasteiger partial charge in [0.1, 0.15) is 11.6 Å². The van der Waals surface area contributed by atoms with Crippen LogP contribution in [0.15, 0.2) is 48.5 Å². The second-order valence-electron chi connectivity index (χ2n) is 23.8. The van der Waals surface area contributed by atoms with Crippen LogP contribution in [-0.2, 0) is 19.2 Å². The molecular formula is C56H74Cl2N8O6S2. The number of hydrogen-bond acceptors (Lipinski definition) is 14. The first-order valence-corrected chi connectivity index (χ1v) is 29.4. The Kier molecular flexibility index (Phi) is 15.4. The lowest BCUT2D eigenvalue weighted by Crippen LogP contribution is -2.49. The van der Waals surface area contributed by atoms with Crippen LogP contribution in [0.25, 0.3) is 20.2 Å². The van der Waals surface area contributed by atoms with Crippen LogP contribution in [0.5, 0.6) is 0 Å². The third-order valence-corrected chi connectivity index (χ3v) is 21.8. The summed E-state index contributed by atoms with van der Waals surface area (Å²) in [6.07, 6.45) is 11.8. The average Bonchev–Trinajstić information content (AvgIpc) is 4.30. The Morgan fingerprint density at radius 2 is 0.811 bits per heavy atom. The number of anilines is 2. The van der Waals surface area contributed by atoms with E-state index in [4.69, 9.17) is 8.75 Å². The zero-order valence-electron chi connectivity index (χ0n) is 42.4. The second kappa shape index (κ2) is 21.7. The molecule has 6 saturated carbocycles. The van der Waals surface area contributed by atoms with E-state index < -0.39 is 12.2 Å². The van der Waals surface area contributed by atoms with E-state index in [1.807, 2.05) is 0 Å². The minimum Gasteiger partial charge on any atom is -0.393 e. The fraction of sp³-hybridized carbons (Fsp3) is 0.679. The fourth-order valence-corrected chi connectivity index (χ4v) is 18.1. The van der Waals surface area contributed by atoms with E-state index in [9.17, 15) is 29.4 Å². The molecule has 2 aromatic carbocycles. The summed E-state index contributed by atoms with van der Waals surface area (Å²) in [4.78, 5) is 66.5. The Morgan fingerprint density at radius 1 is 0.459 bits per heavy atom. The molecule has 2 aromatic heterocycles. The Bertz CT molecular complexity index is 2510. The van der Waals surface area contributed by atoms with E-state index >= 15 is 0 Å². The smallest absolute Gasteiger partial charge is 0.233 e. The van der Waals surface area contributed by atoms with Crippen LogP contribution in [0.4, 0.5) is 11.6 Å². The van der Waals surface area contributed by atoms with Crippen molar-refractivity contribution >= 4 is 103 Å². The quantitative estimate of drug-likeness (QED) is 0.153. The molecule has 4 aliphatic heterocycles. The molecule has 10 fully saturated rings. The largest absolute Gasteiger partial charge is 0.393 e. The van der Waals surface area contributed by atoms with Gasteiger partial charge in [-0.3, -0.25) is 38.8 Å². The van der Waals surface area contributed by atoms with Gasteiger partial charge in [-0.1, -0.05) is 49.9 Å². The highest BCUT2D eigenvalue weighted by atomic mass is 35.5. The van der Waals surface area contributed by atoms with Crippen molar-refractivity contribution in [3.8, 4) is 0 Å². The van der Waals surface area contributed by atoms with Crippen molar-refractivity contribution in [2.24, 2.45) is 71.0 Å². The summed E-state index contributed by atoms with van der Waals surface area (Å²) in [5, 5.41) is 23.2. The molecule has 14 atom stereocenters. The second-order valence-corrected chi connectivity index (χ2v) is 25.4. The summed E-state index contributed by atoms with van der Waals surface area (Å²) in [6.45, 7) is 11.4. The molecule has 4 bridgehead atoms. The summed E-state index contributed by atoms with van der Waals surface area (Å²) in [5.74, 6) is 3.94. The molecule has 0 radical (unpaired) electrons. The van der Waals surface area contributed by atoms with Gasteiger partial charge in [-0.15, -0.1) is 24.8 Å². The number of amides is 4. The van der Waals surface area contributed by atoms with Gasteiger partial charge < -0.3 is 20.0 Å². The molecular weight excluding hydrogens is 1020 g/mol. The lowest BCUT2D eigenvalue weighted by Gasteiger charge is -2.40. The minimum atomic E-state index is -0.392. The first kappa shape index (κ1) is 52.6. The molecule has 18 heteroatoms. The number of aliphatic hydroxyl groups excluding tert-OH is 2. The number of likely N-dealkylation sites (tertiary alicyclic amines) is 2. The van der Waals surface area contributed by atoms with Crippen molar-refractivity contribution in [1.29, 1.82) is 0 Å². The molecule has 2 N–H and O–H groups in total. The number of imide groups is 2. The molecule has 14 nitrogen and oxygen atoms in total. The highest BCUT2D eigenvalue weighted by Crippen LogP contribution is 2.58. The van der Waals surface area contributed by atoms with Crippen LogP contribution < -0.4 is 9.80 Å². The maximum atomic E-state index is 13.3. The van der Waals surface area contributed by atoms with Crippen molar-refractivity contribution in [2.75, 3.05) is 88.3 Å². The summed E-state index contributed by atoms with van der Waals surface area (Å²) >= 11 is 3.17. The molecule has 4 aromatic rings. The van der Waals surface area contributed by atoms with E-state index in [-0.39, 0.29) is 95.8 Å². The monoisotopic (exact) mass is 1090 g/mol. The van der Waals surface area contributed by atoms with Gasteiger partial charge in [0, 0.05) is 89.3 Å². The standard InChI is InChI=1S/2C28H36N4O3S.2ClH/c2*33-22-14-19-13-21(22)25-24(19)27(34)32(28(25)35)16-18-6-2-1-5-17(18)15-30-9-11-31(12-10-30)26-20-7-3-4-8-23(20)36-29-26;;/h2*3-4,7-8,17-19,21-22,24-25,33H,1-2,5-6,9-16H2;2*1H/t17-,18-,19+,21-,22-,24-,25+;17-,18-,19-,21+,22+,24+,25-;;/m00../s1. The zero-order chi connectivity index (χ0) is 48.8. The van der Waals surface area contributed by atoms with E-state index in [0.717, 1.165) is 103 Å². The summed E-state index contributed by atoms with van der Waals surface area (Å²) in [7, 11) is 0. The number of benzene rings is 2. The third kappa shape index (κ3) is 9.38. The maximum Gasteiger partial charge on any atom is 0.233 e. The number of hydrogen-bond donors (Lipinski definition) is 2. The first-order chi connectivity index (χ1) is 35.2. The molecule has 74 heavy (non-hydrogen) atoms. The zero-order valence-corrected chi connectivity index (χ0v) is 45.7. The van der Waals surface area contributed by atoms with E-state index in [0.29, 0.717) is 49.6 Å². The first-order valence-electron chi connectivity index (χ1n) is 27.9. The van der Waals surface area contributed by atoms with Crippen molar-refractivity contribution < 1.29 is 29.4 Å². The average molecular weight is 1090 g/mol. The number of nitrogens with zero attached hydrogens (tertiary/aromatic N) is 8. The number of piperazine rings is 2. The Morgan fingerprint density at radius 3 is 1.20 bits per heavy atom. The van der Waals surface area contributed by atoms with Crippen LogP contribution >= 0.6 is 47.9 Å². The third-order valence-electron chi connectivity index (χ3n) is 20.2. The van der Waals surface area contributed by atoms with Gasteiger partial charge >= 0.3 is 0 Å². The molecule has 6 aliphatic carbocycles. The number of rotatable bonds is 10. The fourth-order valence-electron chi connectivity index (χ4n) is 16.5. The lowest BCUT2D eigenvalue weighted by atomic mass is 9.78. The van der Waals surface area contributed by atoms with Crippen molar-refractivity contribution in [1.82, 2.24) is 28.3 Å². The van der Waals surface area contributed by atoms with Crippen LogP contribution in [0.2, 0.25) is 0 Å². The Hall–Kier alpha value is -3.48. The molecule has 4 saturated heterocycles. The molecule has 4 amide bonds. The topological polar surface area (TPSA) is 154 Å². The van der Waals surface area contributed by atoms with Gasteiger partial charge in [-0.05, 0) is 146 Å². The minimum absolute atomic E-state index is 0. The van der Waals surface area contributed by atoms with Crippen LogP contribution in [0, 0.1) is 71.0 Å². The van der Waals surface area contributed by atoms with Crippen molar-refractivity contribution in [3.63, 3.8) is 0 Å². The maximum absolute atomic E-state index is 13.3. The van der Waals surface area contributed by atoms with Crippen LogP contribution in [0.1, 0.15) is 77.0 Å². The van der Waals surface area contributed by atoms with E-state index in [1.54, 1.807) is 32.9 Å². The van der Waals surface area contributed by atoms with Crippen LogP contribution in [0.3, 0.4) is 0 Å². The summed E-state index contributed by atoms with van der Waals surface area (Å²) in [5.41, 5.74) is 0. The molecule has 0 spiro atoms. The predicted octanol–water partition coefficient (Wildman–Crippen LogP) is 7.30. The van der Waals surface area contributed by atoms with E-state index in [2.05, 4.69) is 68.1 Å². The normalized spacial score (nSPS) is 35.9. The number of carbonyl (C=O) groups excluding carboxylic acids is 4. The van der Waals surface area contributed by atoms with Gasteiger partial charge in [0.05, 0.1) is 45.3 Å².